The second kappa shape index (κ2) is 5.39. The number of aryl methyl sites for hydroxylation is 1. The molecule has 0 aromatic heterocycles. The first kappa shape index (κ1) is 17.2. The Morgan fingerprint density at radius 1 is 1.19 bits per heavy atom. The van der Waals surface area contributed by atoms with Gasteiger partial charge in [-0.05, 0) is 45.2 Å². The molecule has 2 saturated heterocycles. The van der Waals surface area contributed by atoms with Crippen LogP contribution in [-0.2, 0) is 19.9 Å². The third-order valence-electron chi connectivity index (χ3n) is 6.63. The van der Waals surface area contributed by atoms with Gasteiger partial charge in [-0.3, -0.25) is 24.6 Å². The lowest BCUT2D eigenvalue weighted by Gasteiger charge is -2.30. The number of likely N-dealkylation sites (tertiary alicyclic amines) is 1. The Morgan fingerprint density at radius 3 is 2.54 bits per heavy atom. The lowest BCUT2D eigenvalue weighted by molar-refractivity contribution is -0.145. The maximum atomic E-state index is 13.3. The first-order valence-corrected chi connectivity index (χ1v) is 9.32. The highest BCUT2D eigenvalue weighted by Gasteiger charge is 2.70. The van der Waals surface area contributed by atoms with Gasteiger partial charge in [0.1, 0.15) is 5.54 Å². The molecule has 0 saturated carbocycles. The molecule has 6 nitrogen and oxygen atoms in total. The topological polar surface area (TPSA) is 78.5 Å². The first-order chi connectivity index (χ1) is 12.3. The van der Waals surface area contributed by atoms with E-state index in [2.05, 4.69) is 10.6 Å². The second-order valence-corrected chi connectivity index (χ2v) is 7.93. The average molecular weight is 355 g/mol. The molecular weight excluding hydrogens is 330 g/mol. The molecule has 1 aromatic carbocycles. The molecule has 0 unspecified atom stereocenters. The molecule has 2 fully saturated rings. The van der Waals surface area contributed by atoms with E-state index in [1.165, 1.54) is 4.90 Å². The zero-order valence-electron chi connectivity index (χ0n) is 15.8. The Balaban J connectivity index is 1.90. The summed E-state index contributed by atoms with van der Waals surface area (Å²) in [6, 6.07) is 3.49. The molecule has 5 atom stereocenters. The fourth-order valence-electron chi connectivity index (χ4n) is 4.92. The van der Waals surface area contributed by atoms with Crippen molar-refractivity contribution < 1.29 is 14.4 Å². The lowest BCUT2D eigenvalue weighted by Crippen LogP contribution is -2.53. The van der Waals surface area contributed by atoms with Gasteiger partial charge >= 0.3 is 0 Å². The second-order valence-electron chi connectivity index (χ2n) is 7.93. The summed E-state index contributed by atoms with van der Waals surface area (Å²) in [5.74, 6) is -1.81. The third-order valence-corrected chi connectivity index (χ3v) is 6.63. The molecule has 26 heavy (non-hydrogen) atoms. The van der Waals surface area contributed by atoms with Crippen LogP contribution in [0.3, 0.4) is 0 Å². The SMILES string of the molecule is CC[C@H](C)N1C(=O)[C@@H]2[C@H](C)N[C@]3(C(=O)Nc4c3ccc(C)c4C)[C@@H]2C1=O. The Labute approximate surface area is 153 Å². The van der Waals surface area contributed by atoms with Crippen LogP contribution < -0.4 is 10.6 Å². The van der Waals surface area contributed by atoms with Crippen LogP contribution in [0.25, 0.3) is 0 Å². The number of amides is 3. The van der Waals surface area contributed by atoms with Gasteiger partial charge in [-0.2, -0.15) is 0 Å². The van der Waals surface area contributed by atoms with Gasteiger partial charge in [0.05, 0.1) is 11.8 Å². The van der Waals surface area contributed by atoms with Crippen molar-refractivity contribution in [1.29, 1.82) is 0 Å². The van der Waals surface area contributed by atoms with E-state index in [9.17, 15) is 14.4 Å². The predicted molar refractivity (Wildman–Crippen MR) is 97.4 cm³/mol. The number of carbonyl (C=O) groups is 3. The molecule has 3 heterocycles. The van der Waals surface area contributed by atoms with Crippen LogP contribution in [0.1, 0.15) is 43.9 Å². The Hall–Kier alpha value is -2.21. The summed E-state index contributed by atoms with van der Waals surface area (Å²) < 4.78 is 0. The zero-order valence-corrected chi connectivity index (χ0v) is 15.8. The fraction of sp³-hybridized carbons (Fsp3) is 0.550. The smallest absolute Gasteiger partial charge is 0.250 e. The zero-order chi connectivity index (χ0) is 19.0. The van der Waals surface area contributed by atoms with Gasteiger partial charge in [0.2, 0.25) is 17.7 Å². The van der Waals surface area contributed by atoms with Crippen LogP contribution in [0.2, 0.25) is 0 Å². The van der Waals surface area contributed by atoms with E-state index >= 15 is 0 Å². The highest BCUT2D eigenvalue weighted by atomic mass is 16.2. The maximum Gasteiger partial charge on any atom is 0.250 e. The number of imide groups is 1. The van der Waals surface area contributed by atoms with E-state index in [-0.39, 0.29) is 29.8 Å². The minimum absolute atomic E-state index is 0.156. The van der Waals surface area contributed by atoms with Crippen LogP contribution in [0.5, 0.6) is 0 Å². The minimum atomic E-state index is -1.16. The summed E-state index contributed by atoms with van der Waals surface area (Å²) in [6.45, 7) is 9.70. The van der Waals surface area contributed by atoms with Crippen molar-refractivity contribution in [3.63, 3.8) is 0 Å². The van der Waals surface area contributed by atoms with E-state index in [4.69, 9.17) is 0 Å². The van der Waals surface area contributed by atoms with E-state index in [1.807, 2.05) is 46.8 Å². The highest BCUT2D eigenvalue weighted by Crippen LogP contribution is 2.53. The maximum absolute atomic E-state index is 13.3. The van der Waals surface area contributed by atoms with E-state index in [0.29, 0.717) is 6.42 Å². The molecule has 2 N–H and O–H groups in total. The van der Waals surface area contributed by atoms with Crippen molar-refractivity contribution >= 4 is 23.4 Å². The number of hydrogen-bond acceptors (Lipinski definition) is 4. The summed E-state index contributed by atoms with van der Waals surface area (Å²) >= 11 is 0. The van der Waals surface area contributed by atoms with E-state index < -0.39 is 17.4 Å². The molecule has 3 amide bonds. The van der Waals surface area contributed by atoms with Crippen molar-refractivity contribution in [3.05, 3.63) is 28.8 Å². The van der Waals surface area contributed by atoms with Crippen molar-refractivity contribution in [1.82, 2.24) is 10.2 Å². The lowest BCUT2D eigenvalue weighted by atomic mass is 9.76. The summed E-state index contributed by atoms with van der Waals surface area (Å²) in [5.41, 5.74) is 2.49. The molecule has 1 spiro atoms. The van der Waals surface area contributed by atoms with Gasteiger partial charge in [0, 0.05) is 23.3 Å². The summed E-state index contributed by atoms with van der Waals surface area (Å²) in [7, 11) is 0. The van der Waals surface area contributed by atoms with Crippen LogP contribution in [-0.4, -0.2) is 34.7 Å². The van der Waals surface area contributed by atoms with Gasteiger partial charge in [-0.25, -0.2) is 0 Å². The van der Waals surface area contributed by atoms with Crippen molar-refractivity contribution in [2.45, 2.75) is 58.7 Å². The number of fused-ring (bicyclic) bond motifs is 4. The van der Waals surface area contributed by atoms with Crippen LogP contribution >= 0.6 is 0 Å². The third kappa shape index (κ3) is 1.83. The van der Waals surface area contributed by atoms with E-state index in [0.717, 1.165) is 22.4 Å². The highest BCUT2D eigenvalue weighted by molar-refractivity contribution is 6.15. The molecule has 4 rings (SSSR count). The summed E-state index contributed by atoms with van der Waals surface area (Å²) in [6.07, 6.45) is 0.701. The molecule has 0 aliphatic carbocycles. The normalized spacial score (nSPS) is 33.7. The van der Waals surface area contributed by atoms with Gasteiger partial charge < -0.3 is 5.32 Å². The van der Waals surface area contributed by atoms with Crippen molar-refractivity contribution in [2.75, 3.05) is 5.32 Å². The molecule has 6 heteroatoms. The Morgan fingerprint density at radius 2 is 1.88 bits per heavy atom. The number of nitrogens with zero attached hydrogens (tertiary/aromatic N) is 1. The quantitative estimate of drug-likeness (QED) is 0.794. The standard InChI is InChI=1S/C20H25N3O3/c1-6-10(3)23-17(24)14-12(5)22-20(15(14)18(23)25)13-8-7-9(2)11(4)16(13)21-19(20)26/h7-8,10,12,14-15,22H,6H2,1-5H3,(H,21,26)/t10-,12-,14+,15-,20-/m0/s1. The number of benzene rings is 1. The predicted octanol–water partition coefficient (Wildman–Crippen LogP) is 1.84. The number of nitrogens with one attached hydrogen (secondary N) is 2. The number of rotatable bonds is 2. The molecule has 1 aromatic rings. The Bertz CT molecular complexity index is 849. The molecule has 3 aliphatic heterocycles. The largest absolute Gasteiger partial charge is 0.324 e. The molecule has 138 valence electrons. The van der Waals surface area contributed by atoms with Gasteiger partial charge in [-0.1, -0.05) is 19.1 Å². The summed E-state index contributed by atoms with van der Waals surface area (Å²) in [5, 5.41) is 6.32. The molecule has 3 aliphatic rings. The average Bonchev–Trinajstić information content (AvgIpc) is 3.16. The molecule has 0 radical (unpaired) electrons. The number of carbonyl (C=O) groups excluding carboxylic acids is 3. The van der Waals surface area contributed by atoms with Crippen molar-refractivity contribution in [2.24, 2.45) is 11.8 Å². The van der Waals surface area contributed by atoms with Gasteiger partial charge in [0.15, 0.2) is 0 Å². The first-order valence-electron chi connectivity index (χ1n) is 9.32. The Kier molecular flexibility index (Phi) is 3.57. The molecular formula is C20H25N3O3. The van der Waals surface area contributed by atoms with Gasteiger partial charge in [-0.15, -0.1) is 0 Å². The fourth-order valence-corrected chi connectivity index (χ4v) is 4.92. The minimum Gasteiger partial charge on any atom is -0.324 e. The van der Waals surface area contributed by atoms with Crippen molar-refractivity contribution in [3.8, 4) is 0 Å². The van der Waals surface area contributed by atoms with E-state index in [1.54, 1.807) is 0 Å². The van der Waals surface area contributed by atoms with Gasteiger partial charge in [0.25, 0.3) is 0 Å². The number of hydrogen-bond donors (Lipinski definition) is 2. The van der Waals surface area contributed by atoms with Crippen LogP contribution in [0, 0.1) is 25.7 Å². The monoisotopic (exact) mass is 355 g/mol. The molecule has 0 bridgehead atoms. The van der Waals surface area contributed by atoms with Crippen LogP contribution in [0.15, 0.2) is 12.1 Å². The summed E-state index contributed by atoms with van der Waals surface area (Å²) in [4.78, 5) is 40.9. The number of anilines is 1. The van der Waals surface area contributed by atoms with Crippen LogP contribution in [0.4, 0.5) is 5.69 Å².